The summed E-state index contributed by atoms with van der Waals surface area (Å²) in [5.41, 5.74) is 3.97. The molecule has 5 aromatic rings. The summed E-state index contributed by atoms with van der Waals surface area (Å²) in [4.78, 5) is 29.3. The van der Waals surface area contributed by atoms with Crippen molar-refractivity contribution in [2.45, 2.75) is 42.4 Å². The number of aliphatic carboxylic acids is 1. The summed E-state index contributed by atoms with van der Waals surface area (Å²) >= 11 is 3.11. The minimum Gasteiger partial charge on any atom is -0.480 e. The molecular formula is C45H37O18S7+. The molecule has 1 aliphatic carbocycles. The van der Waals surface area contributed by atoms with E-state index >= 15 is 0 Å². The van der Waals surface area contributed by atoms with Gasteiger partial charge in [-0.1, -0.05) is 116 Å². The second-order valence-corrected chi connectivity index (χ2v) is 19.3. The molecule has 2 aliphatic rings. The van der Waals surface area contributed by atoms with Crippen molar-refractivity contribution < 1.29 is 78.2 Å². The largest absolute Gasteiger partial charge is 0.480 e. The number of hydrogen-bond acceptors (Lipinski definition) is 17. The van der Waals surface area contributed by atoms with E-state index in [9.17, 15) is 27.7 Å². The van der Waals surface area contributed by atoms with Crippen LogP contribution in [0.4, 0.5) is 0 Å². The van der Waals surface area contributed by atoms with E-state index < -0.39 is 63.9 Å². The van der Waals surface area contributed by atoms with Crippen LogP contribution in [0.25, 0.3) is 37.1 Å². The Balaban J connectivity index is 0.000000708. The van der Waals surface area contributed by atoms with Gasteiger partial charge >= 0.3 is 48.4 Å². The molecule has 25 heteroatoms. The van der Waals surface area contributed by atoms with E-state index in [4.69, 9.17) is 50.5 Å². The molecule has 366 valence electrons. The van der Waals surface area contributed by atoms with Gasteiger partial charge < -0.3 is 5.11 Å². The standard InChI is InChI=1S/C45H36O6S3.4O3S/c1-2-12-43(46)45(44(47)48)28-30(21-23-33-26-40(32-13-4-3-5-14-32)52-38-18-9-6-15-35(33)38)25-31(29-45)22-24-34-27-41(53-39-19-10-7-16-36(34)39)37-17-8-11-20-42(37)54(49,50)51;4*1-4(2)3/h3-11,13-27H,2,12,28-29H2,1H3,(H-,47,48,49,50,51);;;;/p+1. The fourth-order valence-corrected chi connectivity index (χ4v) is 10.1. The van der Waals surface area contributed by atoms with Gasteiger partial charge in [0.05, 0.1) is 0 Å². The Kier molecular flexibility index (Phi) is 22.6. The predicted molar refractivity (Wildman–Crippen MR) is 259 cm³/mol. The zero-order chi connectivity index (χ0) is 52.2. The first-order valence-electron chi connectivity index (χ1n) is 19.6. The van der Waals surface area contributed by atoms with Crippen LogP contribution < -0.4 is 0 Å². The molecule has 0 spiro atoms. The van der Waals surface area contributed by atoms with E-state index in [1.165, 1.54) is 17.8 Å². The summed E-state index contributed by atoms with van der Waals surface area (Å²) in [7, 11) is -16.9. The molecule has 1 aromatic heterocycles. The number of fused-ring (bicyclic) bond motifs is 2. The molecule has 4 aromatic carbocycles. The van der Waals surface area contributed by atoms with Crippen molar-refractivity contribution in [1.29, 1.82) is 0 Å². The SMILES string of the molecule is CCCC(=O)C1(C(=O)O)CC(/C=C/c2cc(-c3ccccc3)[s+]c3ccccc23)=CC(=C/C=C2\C=C(c3ccccc3S(=O)(=O)O)Sc3ccccc32)/C1.O=S(=O)=O.O=S(=O)=O.O=S(=O)=O.O=S(=O)=O. The van der Waals surface area contributed by atoms with Crippen LogP contribution in [0, 0.1) is 5.41 Å². The summed E-state index contributed by atoms with van der Waals surface area (Å²) in [5, 5.41) is 11.8. The normalized spacial score (nSPS) is 15.9. The highest BCUT2D eigenvalue weighted by atomic mass is 32.2. The summed E-state index contributed by atoms with van der Waals surface area (Å²) < 4.78 is 137. The molecule has 1 aliphatic heterocycles. The van der Waals surface area contributed by atoms with Crippen molar-refractivity contribution in [3.63, 3.8) is 0 Å². The zero-order valence-corrected chi connectivity index (χ0v) is 41.7. The number of carbonyl (C=O) groups excluding carboxylic acids is 1. The van der Waals surface area contributed by atoms with E-state index in [0.717, 1.165) is 47.7 Å². The van der Waals surface area contributed by atoms with E-state index in [1.54, 1.807) is 29.5 Å². The van der Waals surface area contributed by atoms with Gasteiger partial charge in [0, 0.05) is 44.9 Å². The molecule has 70 heavy (non-hydrogen) atoms. The molecule has 18 nitrogen and oxygen atoms in total. The molecule has 0 saturated heterocycles. The molecule has 2 heterocycles. The zero-order valence-electron chi connectivity index (χ0n) is 36.0. The molecule has 0 radical (unpaired) electrons. The highest BCUT2D eigenvalue weighted by molar-refractivity contribution is 8.08. The van der Waals surface area contributed by atoms with Crippen molar-refractivity contribution in [3.8, 4) is 10.4 Å². The van der Waals surface area contributed by atoms with Crippen molar-refractivity contribution >= 4 is 114 Å². The lowest BCUT2D eigenvalue weighted by atomic mass is 9.68. The van der Waals surface area contributed by atoms with Crippen LogP contribution in [0.1, 0.15) is 49.3 Å². The Bertz CT molecular complexity index is 3390. The molecule has 0 bridgehead atoms. The Morgan fingerprint density at radius 3 is 1.81 bits per heavy atom. The third kappa shape index (κ3) is 18.0. The average Bonchev–Trinajstić information content (AvgIpc) is 3.29. The average molecular weight is 1090 g/mol. The van der Waals surface area contributed by atoms with Crippen molar-refractivity contribution in [1.82, 2.24) is 0 Å². The molecule has 0 amide bonds. The quantitative estimate of drug-likeness (QED) is 0.0781. The first-order chi connectivity index (χ1) is 33.0. The van der Waals surface area contributed by atoms with Crippen LogP contribution in [0.15, 0.2) is 161 Å². The third-order valence-corrected chi connectivity index (χ3v) is 12.8. The van der Waals surface area contributed by atoms with Crippen LogP contribution in [-0.2, 0) is 62.1 Å². The number of benzene rings is 4. The third-order valence-electron chi connectivity index (χ3n) is 9.65. The van der Waals surface area contributed by atoms with Gasteiger partial charge in [0.15, 0.2) is 5.78 Å². The Hall–Kier alpha value is -6.71. The van der Waals surface area contributed by atoms with Crippen molar-refractivity contribution in [2.24, 2.45) is 5.41 Å². The number of rotatable bonds is 10. The van der Waals surface area contributed by atoms with Crippen LogP contribution in [0.3, 0.4) is 0 Å². The van der Waals surface area contributed by atoms with Crippen molar-refractivity contribution in [3.05, 3.63) is 167 Å². The summed E-state index contributed by atoms with van der Waals surface area (Å²) in [6.07, 6.45) is 12.4. The van der Waals surface area contributed by atoms with E-state index in [-0.39, 0.29) is 29.9 Å². The summed E-state index contributed by atoms with van der Waals surface area (Å²) in [6.45, 7) is 1.88. The summed E-state index contributed by atoms with van der Waals surface area (Å²) in [5.74, 6) is -1.43. The molecule has 1 unspecified atom stereocenters. The summed E-state index contributed by atoms with van der Waals surface area (Å²) in [6, 6.07) is 34.6. The van der Waals surface area contributed by atoms with Crippen LogP contribution in [0.5, 0.6) is 0 Å². The maximum absolute atomic E-state index is 13.7. The van der Waals surface area contributed by atoms with Gasteiger partial charge in [-0.25, -0.2) is 0 Å². The second kappa shape index (κ2) is 27.5. The van der Waals surface area contributed by atoms with Gasteiger partial charge in [-0.15, -0.1) is 50.5 Å². The van der Waals surface area contributed by atoms with Gasteiger partial charge in [0.25, 0.3) is 10.1 Å². The first-order valence-corrected chi connectivity index (χ1v) is 26.7. The molecule has 7 rings (SSSR count). The Morgan fingerprint density at radius 1 is 0.686 bits per heavy atom. The molecule has 2 N–H and O–H groups in total. The fourth-order valence-electron chi connectivity index (χ4n) is 7.01. The van der Waals surface area contributed by atoms with E-state index in [2.05, 4.69) is 30.3 Å². The van der Waals surface area contributed by atoms with Crippen molar-refractivity contribution in [2.75, 3.05) is 0 Å². The van der Waals surface area contributed by atoms with E-state index in [1.807, 2.05) is 98.0 Å². The van der Waals surface area contributed by atoms with Gasteiger partial charge in [-0.05, 0) is 83.5 Å². The van der Waals surface area contributed by atoms with Gasteiger partial charge in [-0.3, -0.25) is 14.1 Å². The smallest absolute Gasteiger partial charge is 0.425 e. The number of thioether (sulfide) groups is 1. The number of carboxylic acids is 1. The maximum Gasteiger partial charge on any atom is 0.425 e. The Labute approximate surface area is 415 Å². The molecule has 0 saturated carbocycles. The van der Waals surface area contributed by atoms with Gasteiger partial charge in [0.1, 0.15) is 10.3 Å². The minimum atomic E-state index is -4.49. The number of ketones is 1. The van der Waals surface area contributed by atoms with Crippen LogP contribution in [-0.4, -0.2) is 80.3 Å². The number of carboxylic acid groups (broad SMARTS) is 1. The Morgan fingerprint density at radius 2 is 1.23 bits per heavy atom. The highest BCUT2D eigenvalue weighted by Crippen LogP contribution is 2.47. The number of carbonyl (C=O) groups is 2. The van der Waals surface area contributed by atoms with Crippen LogP contribution in [0.2, 0.25) is 0 Å². The predicted octanol–water partition coefficient (Wildman–Crippen LogP) is 7.41. The topological polar surface area (TPSA) is 314 Å². The van der Waals surface area contributed by atoms with Gasteiger partial charge in [-0.2, -0.15) is 8.42 Å². The lowest BCUT2D eigenvalue weighted by Gasteiger charge is -2.32. The lowest BCUT2D eigenvalue weighted by molar-refractivity contribution is -0.155. The molecule has 0 fully saturated rings. The van der Waals surface area contributed by atoms with Crippen LogP contribution >= 0.6 is 23.1 Å². The maximum atomic E-state index is 13.7. The number of Topliss-reactive ketones (excluding diaryl/α,β-unsaturated/α-hetero) is 1. The van der Waals surface area contributed by atoms with Gasteiger partial charge in [0.2, 0.25) is 20.9 Å². The first kappa shape index (κ1) is 57.6. The fraction of sp³-hybridized carbons (Fsp3) is 0.133. The molecular weight excluding hydrogens is 1050 g/mol. The monoisotopic (exact) mass is 1090 g/mol. The second-order valence-electron chi connectivity index (χ2n) is 14.2. The lowest BCUT2D eigenvalue weighted by Crippen LogP contribution is -2.41. The minimum absolute atomic E-state index is 0.0367. The van der Waals surface area contributed by atoms with E-state index in [0.29, 0.717) is 22.5 Å². The molecule has 1 atom stereocenters. The number of allylic oxidation sites excluding steroid dienone is 8. The highest BCUT2D eigenvalue weighted by Gasteiger charge is 2.47. The number of hydrogen-bond donors (Lipinski definition) is 2.